The predicted octanol–water partition coefficient (Wildman–Crippen LogP) is 6.78. The first kappa shape index (κ1) is 27.6. The Bertz CT molecular complexity index is 1690. The minimum absolute atomic E-state index is 0.0211. The Labute approximate surface area is 244 Å². The van der Waals surface area contributed by atoms with Crippen molar-refractivity contribution in [2.45, 2.75) is 55.2 Å². The molecular formula is C32H30ClNO6S. The summed E-state index contributed by atoms with van der Waals surface area (Å²) in [5.74, 6) is 0.0429. The van der Waals surface area contributed by atoms with E-state index < -0.39 is 28.1 Å². The number of hydrogen-bond donors (Lipinski definition) is 1. The first-order valence-electron chi connectivity index (χ1n) is 13.7. The lowest BCUT2D eigenvalue weighted by molar-refractivity contribution is -0.140. The van der Waals surface area contributed by atoms with Crippen molar-refractivity contribution in [2.24, 2.45) is 0 Å². The monoisotopic (exact) mass is 591 g/mol. The predicted molar refractivity (Wildman–Crippen MR) is 158 cm³/mol. The molecule has 9 heteroatoms. The van der Waals surface area contributed by atoms with Crippen LogP contribution in [0.1, 0.15) is 32.1 Å². The highest BCUT2D eigenvalue weighted by Crippen LogP contribution is 2.35. The van der Waals surface area contributed by atoms with Crippen molar-refractivity contribution in [3.8, 4) is 22.6 Å². The molecule has 0 aromatic heterocycles. The van der Waals surface area contributed by atoms with Crippen molar-refractivity contribution in [1.29, 1.82) is 0 Å². The molecule has 0 radical (unpaired) electrons. The van der Waals surface area contributed by atoms with Crippen molar-refractivity contribution < 1.29 is 27.8 Å². The maximum atomic E-state index is 13.7. The molecule has 212 valence electrons. The van der Waals surface area contributed by atoms with Gasteiger partial charge in [-0.1, -0.05) is 54.1 Å². The minimum atomic E-state index is -4.12. The summed E-state index contributed by atoms with van der Waals surface area (Å²) in [5, 5.41) is 12.1. The van der Waals surface area contributed by atoms with Gasteiger partial charge in [-0.25, -0.2) is 8.42 Å². The van der Waals surface area contributed by atoms with Gasteiger partial charge in [0.05, 0.1) is 17.5 Å². The topological polar surface area (TPSA) is 93.1 Å². The van der Waals surface area contributed by atoms with Gasteiger partial charge in [0.25, 0.3) is 0 Å². The lowest BCUT2D eigenvalue weighted by Crippen LogP contribution is -2.40. The van der Waals surface area contributed by atoms with Crippen LogP contribution in [0.3, 0.4) is 0 Å². The first-order valence-corrected chi connectivity index (χ1v) is 15.6. The highest BCUT2D eigenvalue weighted by atomic mass is 35.5. The molecule has 0 amide bonds. The average molecular weight is 592 g/mol. The summed E-state index contributed by atoms with van der Waals surface area (Å²) in [6.45, 7) is -0.0885. The van der Waals surface area contributed by atoms with E-state index in [9.17, 15) is 18.3 Å². The number of carboxylic acids is 1. The van der Waals surface area contributed by atoms with Crippen molar-refractivity contribution >= 4 is 38.4 Å². The van der Waals surface area contributed by atoms with Crippen molar-refractivity contribution in [2.75, 3.05) is 6.54 Å². The number of benzene rings is 4. The SMILES string of the molecule is O=C(O)[C@@H]1C[C@H](Oc2ccc(Cl)c(-c3ccccc3)c2)CN1S(=O)(=O)c1ccc2cc(OC3CCCC3)ccc2c1. The fourth-order valence-corrected chi connectivity index (χ4v) is 7.61. The Morgan fingerprint density at radius 1 is 0.829 bits per heavy atom. The van der Waals surface area contributed by atoms with E-state index in [0.717, 1.165) is 44.8 Å². The quantitative estimate of drug-likeness (QED) is 0.243. The first-order chi connectivity index (χ1) is 19.8. The van der Waals surface area contributed by atoms with Crippen molar-refractivity contribution in [3.05, 3.63) is 90.0 Å². The molecule has 1 saturated heterocycles. The number of nitrogens with zero attached hydrogens (tertiary/aromatic N) is 1. The molecule has 1 heterocycles. The van der Waals surface area contributed by atoms with E-state index in [2.05, 4.69) is 0 Å². The van der Waals surface area contributed by atoms with Crippen LogP contribution in [0.4, 0.5) is 0 Å². The Balaban J connectivity index is 1.22. The minimum Gasteiger partial charge on any atom is -0.490 e. The van der Waals surface area contributed by atoms with Crippen LogP contribution in [0, 0.1) is 0 Å². The maximum Gasteiger partial charge on any atom is 0.322 e. The maximum absolute atomic E-state index is 13.7. The van der Waals surface area contributed by atoms with Crippen LogP contribution >= 0.6 is 11.6 Å². The van der Waals surface area contributed by atoms with Crippen LogP contribution in [0.2, 0.25) is 5.02 Å². The van der Waals surface area contributed by atoms with Crippen molar-refractivity contribution in [1.82, 2.24) is 4.31 Å². The molecule has 0 spiro atoms. The second-order valence-electron chi connectivity index (χ2n) is 10.6. The summed E-state index contributed by atoms with van der Waals surface area (Å²) in [6, 6.07) is 24.0. The molecule has 1 saturated carbocycles. The van der Waals surface area contributed by atoms with Gasteiger partial charge in [-0.15, -0.1) is 0 Å². The van der Waals surface area contributed by atoms with Gasteiger partial charge in [0, 0.05) is 17.0 Å². The van der Waals surface area contributed by atoms with Gasteiger partial charge in [-0.3, -0.25) is 4.79 Å². The van der Waals surface area contributed by atoms with E-state index in [0.29, 0.717) is 10.8 Å². The van der Waals surface area contributed by atoms with Gasteiger partial charge in [-0.05, 0) is 84.5 Å². The fraction of sp³-hybridized carbons (Fsp3) is 0.281. The number of aliphatic carboxylic acids is 1. The normalized spacial score (nSPS) is 19.9. The number of rotatable bonds is 8. The van der Waals surface area contributed by atoms with Crippen molar-refractivity contribution in [3.63, 3.8) is 0 Å². The van der Waals surface area contributed by atoms with Crippen LogP contribution in [0.15, 0.2) is 89.8 Å². The van der Waals surface area contributed by atoms with Crippen LogP contribution in [-0.2, 0) is 14.8 Å². The Kier molecular flexibility index (Phi) is 7.64. The van der Waals surface area contributed by atoms with Gasteiger partial charge < -0.3 is 14.6 Å². The summed E-state index contributed by atoms with van der Waals surface area (Å²) in [7, 11) is -4.12. The third kappa shape index (κ3) is 5.77. The molecule has 7 nitrogen and oxygen atoms in total. The molecule has 1 N–H and O–H groups in total. The molecule has 2 fully saturated rings. The van der Waals surface area contributed by atoms with E-state index in [4.69, 9.17) is 21.1 Å². The summed E-state index contributed by atoms with van der Waals surface area (Å²) in [4.78, 5) is 12.2. The zero-order valence-electron chi connectivity index (χ0n) is 22.3. The van der Waals surface area contributed by atoms with Gasteiger partial charge in [-0.2, -0.15) is 4.31 Å². The molecule has 4 aromatic carbocycles. The number of ether oxygens (including phenoxy) is 2. The number of fused-ring (bicyclic) bond motifs is 1. The molecular weight excluding hydrogens is 562 g/mol. The third-order valence-corrected chi connectivity index (χ3v) is 10.0. The van der Waals surface area contributed by atoms with E-state index in [1.165, 1.54) is 18.9 Å². The molecule has 6 rings (SSSR count). The number of sulfonamides is 1. The number of carbonyl (C=O) groups is 1. The zero-order valence-corrected chi connectivity index (χ0v) is 23.9. The second-order valence-corrected chi connectivity index (χ2v) is 12.9. The van der Waals surface area contributed by atoms with Gasteiger partial charge in [0.15, 0.2) is 0 Å². The smallest absolute Gasteiger partial charge is 0.322 e. The highest BCUT2D eigenvalue weighted by Gasteiger charge is 2.45. The molecule has 2 aliphatic rings. The Hall–Kier alpha value is -3.59. The third-order valence-electron chi connectivity index (χ3n) is 7.82. The van der Waals surface area contributed by atoms with E-state index in [1.54, 1.807) is 30.3 Å². The molecule has 0 bridgehead atoms. The van der Waals surface area contributed by atoms with Crippen LogP contribution in [0.5, 0.6) is 11.5 Å². The molecule has 1 aliphatic heterocycles. The van der Waals surface area contributed by atoms with E-state index in [1.807, 2.05) is 48.5 Å². The van der Waals surface area contributed by atoms with Crippen LogP contribution < -0.4 is 9.47 Å². The molecule has 41 heavy (non-hydrogen) atoms. The molecule has 0 unspecified atom stereocenters. The van der Waals surface area contributed by atoms with Crippen LogP contribution in [-0.4, -0.2) is 48.6 Å². The molecule has 1 aliphatic carbocycles. The van der Waals surface area contributed by atoms with Gasteiger partial charge in [0.1, 0.15) is 23.6 Å². The summed E-state index contributed by atoms with van der Waals surface area (Å²) >= 11 is 6.42. The van der Waals surface area contributed by atoms with E-state index >= 15 is 0 Å². The highest BCUT2D eigenvalue weighted by molar-refractivity contribution is 7.89. The molecule has 2 atom stereocenters. The molecule has 4 aromatic rings. The zero-order chi connectivity index (χ0) is 28.6. The standard InChI is InChI=1S/C32H30ClNO6S/c33-30-15-13-26(18-29(30)21-6-2-1-3-7-21)40-27-19-31(32(35)36)34(20-27)41(37,38)28-14-11-22-16-25(12-10-23(22)17-28)39-24-8-4-5-9-24/h1-3,6-7,10-18,24,27,31H,4-5,8-9,19-20H2,(H,35,36)/t27-,31-/m0/s1. The van der Waals surface area contributed by atoms with E-state index in [-0.39, 0.29) is 24.0 Å². The summed E-state index contributed by atoms with van der Waals surface area (Å²) in [5.41, 5.74) is 1.69. The second kappa shape index (κ2) is 11.4. The van der Waals surface area contributed by atoms with Crippen LogP contribution in [0.25, 0.3) is 21.9 Å². The Morgan fingerprint density at radius 2 is 1.49 bits per heavy atom. The Morgan fingerprint density at radius 3 is 2.24 bits per heavy atom. The largest absolute Gasteiger partial charge is 0.490 e. The number of carboxylic acid groups (broad SMARTS) is 1. The lowest BCUT2D eigenvalue weighted by atomic mass is 10.1. The number of halogens is 1. The summed E-state index contributed by atoms with van der Waals surface area (Å²) < 4.78 is 40.7. The number of hydrogen-bond acceptors (Lipinski definition) is 5. The van der Waals surface area contributed by atoms with Gasteiger partial charge in [0.2, 0.25) is 10.0 Å². The van der Waals surface area contributed by atoms with Gasteiger partial charge >= 0.3 is 5.97 Å². The lowest BCUT2D eigenvalue weighted by Gasteiger charge is -2.21. The summed E-state index contributed by atoms with van der Waals surface area (Å²) in [6.07, 6.45) is 4.04. The fourth-order valence-electron chi connectivity index (χ4n) is 5.72. The average Bonchev–Trinajstić information content (AvgIpc) is 3.65.